The summed E-state index contributed by atoms with van der Waals surface area (Å²) < 4.78 is 0. The lowest BCUT2D eigenvalue weighted by Crippen LogP contribution is -2.46. The standard InChI is InChI=1S/C30H40P2/c1-23(2)27-18-17-24(3)21-28(27)30(19-11-6-12-20-30)29(31)22-32(25-13-7-4-8-14-25)26-15-9-5-10-16-26/h4-16,19,23-24,27-29H,17-18,20-22,31H2,1-3H3. The fraction of sp³-hybridized carbons (Fsp3) is 0.467. The molecule has 0 aliphatic heterocycles. The Bertz CT molecular complexity index is 861. The molecule has 32 heavy (non-hydrogen) atoms. The normalized spacial score (nSPS) is 28.9. The molecule has 0 spiro atoms. The molecule has 2 aromatic carbocycles. The van der Waals surface area contributed by atoms with Crippen LogP contribution in [0.15, 0.2) is 85.0 Å². The first kappa shape index (κ1) is 23.9. The highest BCUT2D eigenvalue weighted by Gasteiger charge is 2.47. The van der Waals surface area contributed by atoms with Gasteiger partial charge in [0.1, 0.15) is 0 Å². The van der Waals surface area contributed by atoms with Gasteiger partial charge in [0.15, 0.2) is 0 Å². The van der Waals surface area contributed by atoms with Crippen LogP contribution in [0.25, 0.3) is 0 Å². The van der Waals surface area contributed by atoms with Crippen LogP contribution in [-0.2, 0) is 0 Å². The zero-order chi connectivity index (χ0) is 22.6. The molecule has 1 fully saturated rings. The van der Waals surface area contributed by atoms with Gasteiger partial charge in [0.2, 0.25) is 0 Å². The van der Waals surface area contributed by atoms with Crippen LogP contribution in [0, 0.1) is 29.1 Å². The minimum Gasteiger partial charge on any atom is -0.133 e. The van der Waals surface area contributed by atoms with Crippen LogP contribution in [-0.4, -0.2) is 11.8 Å². The average molecular weight is 463 g/mol. The molecule has 0 aromatic heterocycles. The highest BCUT2D eigenvalue weighted by molar-refractivity contribution is 7.73. The zero-order valence-electron chi connectivity index (χ0n) is 20.0. The van der Waals surface area contributed by atoms with Gasteiger partial charge in [-0.05, 0) is 73.3 Å². The van der Waals surface area contributed by atoms with Crippen molar-refractivity contribution < 1.29 is 0 Å². The van der Waals surface area contributed by atoms with Gasteiger partial charge in [0.05, 0.1) is 0 Å². The van der Waals surface area contributed by atoms with Crippen molar-refractivity contribution in [2.24, 2.45) is 29.1 Å². The summed E-state index contributed by atoms with van der Waals surface area (Å²) in [7, 11) is 2.98. The minimum absolute atomic E-state index is 0.243. The molecule has 4 rings (SSSR count). The molecule has 2 aromatic rings. The summed E-state index contributed by atoms with van der Waals surface area (Å²) in [5, 5.41) is 3.01. The number of hydrogen-bond acceptors (Lipinski definition) is 0. The number of rotatable bonds is 7. The topological polar surface area (TPSA) is 0 Å². The quantitative estimate of drug-likeness (QED) is 0.372. The van der Waals surface area contributed by atoms with Crippen molar-refractivity contribution >= 4 is 27.8 Å². The third kappa shape index (κ3) is 5.13. The number of hydrogen-bond donors (Lipinski definition) is 0. The highest BCUT2D eigenvalue weighted by Crippen LogP contribution is 2.56. The van der Waals surface area contributed by atoms with Gasteiger partial charge in [-0.3, -0.25) is 0 Å². The van der Waals surface area contributed by atoms with Crippen LogP contribution in [0.1, 0.15) is 46.5 Å². The molecule has 0 nitrogen and oxygen atoms in total. The smallest absolute Gasteiger partial charge is 0.00167 e. The first-order valence-corrected chi connectivity index (χ1v) is 14.7. The van der Waals surface area contributed by atoms with Crippen LogP contribution in [0.2, 0.25) is 0 Å². The molecule has 0 saturated heterocycles. The van der Waals surface area contributed by atoms with E-state index in [1.807, 2.05) is 0 Å². The van der Waals surface area contributed by atoms with Gasteiger partial charge < -0.3 is 0 Å². The van der Waals surface area contributed by atoms with E-state index in [-0.39, 0.29) is 13.3 Å². The zero-order valence-corrected chi connectivity index (χ0v) is 22.1. The Hall–Kier alpha value is -1.22. The molecule has 0 radical (unpaired) electrons. The predicted molar refractivity (Wildman–Crippen MR) is 148 cm³/mol. The van der Waals surface area contributed by atoms with Crippen molar-refractivity contribution in [3.05, 3.63) is 85.0 Å². The van der Waals surface area contributed by atoms with Crippen molar-refractivity contribution in [3.63, 3.8) is 0 Å². The molecule has 0 N–H and O–H groups in total. The maximum absolute atomic E-state index is 3.36. The monoisotopic (exact) mass is 462 g/mol. The van der Waals surface area contributed by atoms with Gasteiger partial charge in [-0.2, -0.15) is 0 Å². The van der Waals surface area contributed by atoms with E-state index in [2.05, 4.69) is 115 Å². The summed E-state index contributed by atoms with van der Waals surface area (Å²) in [5.41, 5.74) is 0.805. The Balaban J connectivity index is 1.70. The lowest BCUT2D eigenvalue weighted by molar-refractivity contribution is 0.0513. The van der Waals surface area contributed by atoms with Crippen LogP contribution in [0.5, 0.6) is 0 Å². The second-order valence-electron chi connectivity index (χ2n) is 10.4. The largest absolute Gasteiger partial charge is 0.133 e. The fourth-order valence-electron chi connectivity index (χ4n) is 6.24. The summed E-state index contributed by atoms with van der Waals surface area (Å²) in [6.07, 6.45) is 16.3. The minimum atomic E-state index is -0.387. The lowest BCUT2D eigenvalue weighted by atomic mass is 9.56. The van der Waals surface area contributed by atoms with Crippen molar-refractivity contribution in [2.45, 2.75) is 52.1 Å². The molecule has 2 aliphatic rings. The van der Waals surface area contributed by atoms with Crippen LogP contribution in [0.3, 0.4) is 0 Å². The second kappa shape index (κ2) is 10.8. The van der Waals surface area contributed by atoms with Crippen molar-refractivity contribution in [2.75, 3.05) is 6.16 Å². The maximum atomic E-state index is 3.36. The third-order valence-corrected chi connectivity index (χ3v) is 11.9. The fourth-order valence-corrected chi connectivity index (χ4v) is 9.89. The summed E-state index contributed by atoms with van der Waals surface area (Å²) in [4.78, 5) is 0. The molecule has 0 amide bonds. The Morgan fingerprint density at radius 1 is 0.938 bits per heavy atom. The van der Waals surface area contributed by atoms with Gasteiger partial charge in [-0.15, -0.1) is 9.24 Å². The van der Waals surface area contributed by atoms with E-state index in [0.717, 1.165) is 23.7 Å². The predicted octanol–water partition coefficient (Wildman–Crippen LogP) is 7.57. The van der Waals surface area contributed by atoms with Gasteiger partial charge in [-0.1, -0.05) is 112 Å². The van der Waals surface area contributed by atoms with E-state index in [0.29, 0.717) is 5.66 Å². The van der Waals surface area contributed by atoms with Gasteiger partial charge >= 0.3 is 0 Å². The van der Waals surface area contributed by atoms with Gasteiger partial charge in [0.25, 0.3) is 0 Å². The SMILES string of the molecule is CC1CCC(C(C)C)C(C2(C(P)CP(c3ccccc3)c3ccccc3)C=CC=CC2)C1. The molecule has 0 bridgehead atoms. The molecule has 1 saturated carbocycles. The number of benzene rings is 2. The Morgan fingerprint density at radius 2 is 1.56 bits per heavy atom. The van der Waals surface area contributed by atoms with E-state index in [1.54, 1.807) is 0 Å². The van der Waals surface area contributed by atoms with E-state index in [9.17, 15) is 0 Å². The highest BCUT2D eigenvalue weighted by atomic mass is 31.1. The Kier molecular flexibility index (Phi) is 8.08. The summed E-state index contributed by atoms with van der Waals surface area (Å²) >= 11 is 0. The molecular weight excluding hydrogens is 422 g/mol. The molecule has 2 aliphatic carbocycles. The Morgan fingerprint density at radius 3 is 2.09 bits per heavy atom. The molecule has 6 unspecified atom stereocenters. The van der Waals surface area contributed by atoms with E-state index in [4.69, 9.17) is 0 Å². The molecule has 170 valence electrons. The Labute approximate surface area is 199 Å². The average Bonchev–Trinajstić information content (AvgIpc) is 2.83. The van der Waals surface area contributed by atoms with E-state index < -0.39 is 0 Å². The molecule has 6 atom stereocenters. The van der Waals surface area contributed by atoms with E-state index in [1.165, 1.54) is 42.5 Å². The third-order valence-electron chi connectivity index (χ3n) is 8.04. The first-order valence-electron chi connectivity index (χ1n) is 12.5. The second-order valence-corrected chi connectivity index (χ2v) is 13.5. The van der Waals surface area contributed by atoms with Gasteiger partial charge in [0, 0.05) is 5.41 Å². The van der Waals surface area contributed by atoms with Crippen LogP contribution in [0.4, 0.5) is 0 Å². The summed E-state index contributed by atoms with van der Waals surface area (Å²) in [6, 6.07) is 22.5. The van der Waals surface area contributed by atoms with Crippen LogP contribution >= 0.6 is 17.2 Å². The van der Waals surface area contributed by atoms with Crippen molar-refractivity contribution in [1.29, 1.82) is 0 Å². The van der Waals surface area contributed by atoms with Crippen LogP contribution < -0.4 is 10.6 Å². The van der Waals surface area contributed by atoms with Gasteiger partial charge in [-0.25, -0.2) is 0 Å². The first-order chi connectivity index (χ1) is 15.5. The van der Waals surface area contributed by atoms with E-state index >= 15 is 0 Å². The lowest BCUT2D eigenvalue weighted by Gasteiger charge is -2.52. The summed E-state index contributed by atoms with van der Waals surface area (Å²) in [6.45, 7) is 7.41. The summed E-state index contributed by atoms with van der Waals surface area (Å²) in [5.74, 6) is 3.18. The molecule has 2 heteroatoms. The molecular formula is C30H40P2. The number of allylic oxidation sites excluding steroid dienone is 4. The molecule has 0 heterocycles. The maximum Gasteiger partial charge on any atom is 0.00167 e. The van der Waals surface area contributed by atoms with Crippen molar-refractivity contribution in [1.82, 2.24) is 0 Å². The van der Waals surface area contributed by atoms with Crippen molar-refractivity contribution in [3.8, 4) is 0 Å².